The minimum Gasteiger partial charge on any atom is -0.496 e. The zero-order valence-electron chi connectivity index (χ0n) is 17.5. The van der Waals surface area contributed by atoms with Gasteiger partial charge in [0.25, 0.3) is 0 Å². The van der Waals surface area contributed by atoms with Crippen LogP contribution >= 0.6 is 0 Å². The van der Waals surface area contributed by atoms with Gasteiger partial charge >= 0.3 is 0 Å². The van der Waals surface area contributed by atoms with Crippen LogP contribution in [-0.4, -0.2) is 46.8 Å². The molecule has 0 saturated heterocycles. The number of allylic oxidation sites excluding steroid dienone is 1. The number of aliphatic hydroxyl groups is 1. The van der Waals surface area contributed by atoms with Crippen LogP contribution in [0.25, 0.3) is 10.8 Å². The standard InChI is InChI=1S/C22H30O6/c1-14(2)7-8-16(28-12-11-23)15-13-19(26-5)20-17(24-3)9-10-18(25-4)21(20)22(15)27-6/h7,9-10,13,16,23H,8,11-12H2,1-6H3. The largest absolute Gasteiger partial charge is 0.496 e. The SMILES string of the molecule is COc1ccc(OC)c2c(OC)c(C(CC=C(C)C)OCCO)cc(OC)c12. The lowest BCUT2D eigenvalue weighted by atomic mass is 9.97. The Balaban J connectivity index is 2.82. The Morgan fingerprint density at radius 1 is 0.929 bits per heavy atom. The molecule has 0 aromatic heterocycles. The first-order valence-corrected chi connectivity index (χ1v) is 9.17. The average molecular weight is 390 g/mol. The molecule has 0 fully saturated rings. The van der Waals surface area contributed by atoms with Crippen LogP contribution in [0, 0.1) is 0 Å². The molecule has 0 aliphatic carbocycles. The molecule has 0 saturated carbocycles. The van der Waals surface area contributed by atoms with Gasteiger partial charge in [0.2, 0.25) is 0 Å². The minimum absolute atomic E-state index is 0.0600. The number of methoxy groups -OCH3 is 4. The van der Waals surface area contributed by atoms with Crippen molar-refractivity contribution in [3.05, 3.63) is 35.4 Å². The maximum atomic E-state index is 9.26. The van der Waals surface area contributed by atoms with Crippen molar-refractivity contribution >= 4 is 10.8 Å². The van der Waals surface area contributed by atoms with Gasteiger partial charge in [0, 0.05) is 5.56 Å². The second-order valence-corrected chi connectivity index (χ2v) is 6.52. The lowest BCUT2D eigenvalue weighted by Crippen LogP contribution is -2.10. The van der Waals surface area contributed by atoms with E-state index >= 15 is 0 Å². The van der Waals surface area contributed by atoms with Gasteiger partial charge in [-0.15, -0.1) is 0 Å². The van der Waals surface area contributed by atoms with Crippen molar-refractivity contribution in [3.63, 3.8) is 0 Å². The summed E-state index contributed by atoms with van der Waals surface area (Å²) in [6, 6.07) is 5.59. The van der Waals surface area contributed by atoms with Gasteiger partial charge in [-0.1, -0.05) is 11.6 Å². The van der Waals surface area contributed by atoms with E-state index in [2.05, 4.69) is 6.08 Å². The van der Waals surface area contributed by atoms with Crippen LogP contribution in [0.4, 0.5) is 0 Å². The first-order valence-electron chi connectivity index (χ1n) is 9.17. The van der Waals surface area contributed by atoms with E-state index in [-0.39, 0.29) is 19.3 Å². The van der Waals surface area contributed by atoms with Crippen LogP contribution < -0.4 is 18.9 Å². The van der Waals surface area contributed by atoms with Crippen molar-refractivity contribution in [2.24, 2.45) is 0 Å². The van der Waals surface area contributed by atoms with E-state index in [9.17, 15) is 5.11 Å². The Bertz CT molecular complexity index is 824. The number of hydrogen-bond acceptors (Lipinski definition) is 6. The van der Waals surface area contributed by atoms with Crippen LogP contribution in [0.2, 0.25) is 0 Å². The zero-order valence-corrected chi connectivity index (χ0v) is 17.5. The number of benzene rings is 2. The molecule has 154 valence electrons. The van der Waals surface area contributed by atoms with Gasteiger partial charge in [-0.05, 0) is 38.5 Å². The van der Waals surface area contributed by atoms with E-state index in [4.69, 9.17) is 23.7 Å². The third-order valence-electron chi connectivity index (χ3n) is 4.51. The number of ether oxygens (including phenoxy) is 5. The topological polar surface area (TPSA) is 66.4 Å². The molecule has 2 rings (SSSR count). The van der Waals surface area contributed by atoms with Crippen LogP contribution in [0.3, 0.4) is 0 Å². The molecule has 1 atom stereocenters. The van der Waals surface area contributed by atoms with Crippen molar-refractivity contribution < 1.29 is 28.8 Å². The summed E-state index contributed by atoms with van der Waals surface area (Å²) < 4.78 is 28.6. The first kappa shape index (κ1) is 21.9. The highest BCUT2D eigenvalue weighted by atomic mass is 16.5. The Morgan fingerprint density at radius 3 is 2.04 bits per heavy atom. The fourth-order valence-corrected chi connectivity index (χ4v) is 3.24. The van der Waals surface area contributed by atoms with Gasteiger partial charge < -0.3 is 28.8 Å². The fraction of sp³-hybridized carbons (Fsp3) is 0.455. The van der Waals surface area contributed by atoms with Gasteiger partial charge in [0.15, 0.2) is 0 Å². The van der Waals surface area contributed by atoms with E-state index < -0.39 is 0 Å². The Labute approximate surface area is 166 Å². The normalized spacial score (nSPS) is 11.8. The van der Waals surface area contributed by atoms with Crippen molar-refractivity contribution in [2.75, 3.05) is 41.7 Å². The molecule has 0 heterocycles. The summed E-state index contributed by atoms with van der Waals surface area (Å²) in [5.41, 5.74) is 2.01. The van der Waals surface area contributed by atoms with E-state index in [1.54, 1.807) is 28.4 Å². The fourth-order valence-electron chi connectivity index (χ4n) is 3.24. The number of aliphatic hydroxyl groups excluding tert-OH is 1. The highest BCUT2D eigenvalue weighted by Gasteiger charge is 2.25. The molecule has 0 aliphatic rings. The van der Waals surface area contributed by atoms with Crippen LogP contribution in [0.15, 0.2) is 29.8 Å². The van der Waals surface area contributed by atoms with Gasteiger partial charge in [0.1, 0.15) is 23.0 Å². The molecule has 28 heavy (non-hydrogen) atoms. The maximum absolute atomic E-state index is 9.26. The Hall–Kier alpha value is -2.44. The summed E-state index contributed by atoms with van der Waals surface area (Å²) in [5.74, 6) is 2.58. The summed E-state index contributed by atoms with van der Waals surface area (Å²) >= 11 is 0. The lowest BCUT2D eigenvalue weighted by molar-refractivity contribution is 0.0282. The molecule has 6 nitrogen and oxygen atoms in total. The summed E-state index contributed by atoms with van der Waals surface area (Å²) in [6.07, 6.45) is 2.42. The maximum Gasteiger partial charge on any atom is 0.136 e. The molecule has 0 aliphatic heterocycles. The van der Waals surface area contributed by atoms with Crippen molar-refractivity contribution in [2.45, 2.75) is 26.4 Å². The Morgan fingerprint density at radius 2 is 1.54 bits per heavy atom. The molecule has 1 unspecified atom stereocenters. The molecule has 6 heteroatoms. The lowest BCUT2D eigenvalue weighted by Gasteiger charge is -2.23. The van der Waals surface area contributed by atoms with Crippen molar-refractivity contribution in [1.82, 2.24) is 0 Å². The van der Waals surface area contributed by atoms with E-state index in [1.165, 1.54) is 5.57 Å². The van der Waals surface area contributed by atoms with Gasteiger partial charge in [0.05, 0.1) is 58.5 Å². The molecule has 0 bridgehead atoms. The van der Waals surface area contributed by atoms with Crippen molar-refractivity contribution in [3.8, 4) is 23.0 Å². The zero-order chi connectivity index (χ0) is 20.7. The number of rotatable bonds is 10. The second kappa shape index (κ2) is 10.2. The molecule has 1 N–H and O–H groups in total. The monoisotopic (exact) mass is 390 g/mol. The van der Waals surface area contributed by atoms with E-state index in [0.29, 0.717) is 29.4 Å². The quantitative estimate of drug-likeness (QED) is 0.611. The highest BCUT2D eigenvalue weighted by molar-refractivity contribution is 6.03. The van der Waals surface area contributed by atoms with Gasteiger partial charge in [-0.3, -0.25) is 0 Å². The Kier molecular flexibility index (Phi) is 7.96. The van der Waals surface area contributed by atoms with Gasteiger partial charge in [-0.25, -0.2) is 0 Å². The second-order valence-electron chi connectivity index (χ2n) is 6.52. The van der Waals surface area contributed by atoms with E-state index in [0.717, 1.165) is 16.3 Å². The highest BCUT2D eigenvalue weighted by Crippen LogP contribution is 2.48. The molecular weight excluding hydrogens is 360 g/mol. The molecule has 2 aromatic rings. The van der Waals surface area contributed by atoms with Crippen LogP contribution in [0.1, 0.15) is 31.9 Å². The molecule has 0 amide bonds. The number of fused-ring (bicyclic) bond motifs is 1. The third kappa shape index (κ3) is 4.51. The average Bonchev–Trinajstić information content (AvgIpc) is 2.71. The first-order chi connectivity index (χ1) is 13.5. The van der Waals surface area contributed by atoms with Crippen molar-refractivity contribution in [1.29, 1.82) is 0 Å². The molecule has 2 aromatic carbocycles. The molecule has 0 radical (unpaired) electrons. The third-order valence-corrected chi connectivity index (χ3v) is 4.51. The minimum atomic E-state index is -0.314. The predicted molar refractivity (Wildman–Crippen MR) is 110 cm³/mol. The predicted octanol–water partition coefficient (Wildman–Crippen LogP) is 4.28. The molecular formula is C22H30O6. The van der Waals surface area contributed by atoms with Crippen LogP contribution in [-0.2, 0) is 4.74 Å². The smallest absolute Gasteiger partial charge is 0.136 e. The van der Waals surface area contributed by atoms with Gasteiger partial charge in [-0.2, -0.15) is 0 Å². The summed E-state index contributed by atoms with van der Waals surface area (Å²) in [6.45, 7) is 4.24. The summed E-state index contributed by atoms with van der Waals surface area (Å²) in [4.78, 5) is 0. The summed E-state index contributed by atoms with van der Waals surface area (Å²) in [7, 11) is 6.46. The van der Waals surface area contributed by atoms with E-state index in [1.807, 2.05) is 32.0 Å². The van der Waals surface area contributed by atoms with Crippen LogP contribution in [0.5, 0.6) is 23.0 Å². The molecule has 0 spiro atoms. The summed E-state index contributed by atoms with van der Waals surface area (Å²) in [5, 5.41) is 10.8. The number of hydrogen-bond donors (Lipinski definition) is 1.